The number of rotatable bonds is 6. The summed E-state index contributed by atoms with van der Waals surface area (Å²) in [4.78, 5) is 23.7. The number of hydrogen-bond acceptors (Lipinski definition) is 4. The van der Waals surface area contributed by atoms with Crippen LogP contribution in [-0.4, -0.2) is 18.2 Å². The third-order valence-corrected chi connectivity index (χ3v) is 2.86. The van der Waals surface area contributed by atoms with Crippen LogP contribution in [0.3, 0.4) is 0 Å². The molecule has 2 aromatic rings. The van der Waals surface area contributed by atoms with Gasteiger partial charge in [0.05, 0.1) is 12.0 Å². The second-order valence-corrected chi connectivity index (χ2v) is 4.53. The largest absolute Gasteiger partial charge is 0.421 e. The molecule has 4 heteroatoms. The minimum absolute atomic E-state index is 0.105. The van der Waals surface area contributed by atoms with Crippen molar-refractivity contribution in [3.8, 4) is 0 Å². The van der Waals surface area contributed by atoms with Gasteiger partial charge in [0.1, 0.15) is 0 Å². The summed E-state index contributed by atoms with van der Waals surface area (Å²) in [6, 6.07) is 17.7. The smallest absolute Gasteiger partial charge is 0.341 e. The Kier molecular flexibility index (Phi) is 5.49. The maximum absolute atomic E-state index is 11.9. The van der Waals surface area contributed by atoms with Gasteiger partial charge in [0, 0.05) is 0 Å². The van der Waals surface area contributed by atoms with Crippen LogP contribution in [0.15, 0.2) is 73.3 Å². The van der Waals surface area contributed by atoms with Crippen molar-refractivity contribution in [1.29, 1.82) is 0 Å². The van der Waals surface area contributed by atoms with E-state index in [1.807, 2.05) is 30.3 Å². The normalized spacial score (nSPS) is 11.3. The van der Waals surface area contributed by atoms with Gasteiger partial charge in [0.15, 0.2) is 0 Å². The summed E-state index contributed by atoms with van der Waals surface area (Å²) in [6.07, 6.45) is 0.265. The maximum Gasteiger partial charge on any atom is 0.341 e. The molecule has 0 aliphatic heterocycles. The molecule has 1 atom stereocenters. The fourth-order valence-corrected chi connectivity index (χ4v) is 1.80. The van der Waals surface area contributed by atoms with Crippen LogP contribution in [0.2, 0.25) is 0 Å². The molecule has 0 aliphatic carbocycles. The van der Waals surface area contributed by atoms with Crippen LogP contribution in [0.4, 0.5) is 0 Å². The van der Waals surface area contributed by atoms with Gasteiger partial charge in [-0.2, -0.15) is 0 Å². The molecule has 4 nitrogen and oxygen atoms in total. The number of hydrogen-bond donors (Lipinski definition) is 0. The minimum Gasteiger partial charge on any atom is -0.421 e. The van der Waals surface area contributed by atoms with E-state index in [2.05, 4.69) is 6.58 Å². The molecule has 2 rings (SSSR count). The molecule has 0 unspecified atom stereocenters. The Bertz CT molecular complexity index is 635. The predicted octanol–water partition coefficient (Wildman–Crippen LogP) is 3.14. The van der Waals surface area contributed by atoms with Crippen LogP contribution in [0, 0.1) is 0 Å². The van der Waals surface area contributed by atoms with Crippen molar-refractivity contribution in [3.63, 3.8) is 0 Å². The highest BCUT2D eigenvalue weighted by molar-refractivity contribution is 5.89. The first kappa shape index (κ1) is 15.5. The Morgan fingerprint density at radius 3 is 2.14 bits per heavy atom. The molecule has 0 aliphatic rings. The highest BCUT2D eigenvalue weighted by Crippen LogP contribution is 2.08. The summed E-state index contributed by atoms with van der Waals surface area (Å²) in [5, 5.41) is 0. The average Bonchev–Trinajstić information content (AvgIpc) is 2.55. The molecule has 0 radical (unpaired) electrons. The molecule has 0 N–H and O–H groups in total. The maximum atomic E-state index is 11.9. The van der Waals surface area contributed by atoms with E-state index in [1.165, 1.54) is 6.08 Å². The number of carbonyl (C=O) groups is 2. The molecule has 0 bridgehead atoms. The van der Waals surface area contributed by atoms with Crippen LogP contribution < -0.4 is 0 Å². The second kappa shape index (κ2) is 7.78. The summed E-state index contributed by atoms with van der Waals surface area (Å²) < 4.78 is 10.2. The predicted molar refractivity (Wildman–Crippen MR) is 82.1 cm³/mol. The van der Waals surface area contributed by atoms with Crippen molar-refractivity contribution in [2.24, 2.45) is 0 Å². The molecule has 0 amide bonds. The first-order valence-corrected chi connectivity index (χ1v) is 6.81. The summed E-state index contributed by atoms with van der Waals surface area (Å²) in [6.45, 7) is 3.51. The molecule has 0 heterocycles. The van der Waals surface area contributed by atoms with Crippen molar-refractivity contribution < 1.29 is 19.1 Å². The zero-order chi connectivity index (χ0) is 15.8. The van der Waals surface area contributed by atoms with E-state index in [4.69, 9.17) is 9.47 Å². The van der Waals surface area contributed by atoms with E-state index in [0.29, 0.717) is 5.56 Å². The lowest BCUT2D eigenvalue weighted by molar-refractivity contribution is -0.160. The van der Waals surface area contributed by atoms with Crippen molar-refractivity contribution in [2.45, 2.75) is 12.7 Å². The van der Waals surface area contributed by atoms with Gasteiger partial charge in [-0.05, 0) is 23.8 Å². The molecule has 0 saturated heterocycles. The Labute approximate surface area is 129 Å². The third kappa shape index (κ3) is 4.59. The highest BCUT2D eigenvalue weighted by atomic mass is 16.7. The van der Waals surface area contributed by atoms with E-state index < -0.39 is 18.2 Å². The Hall–Kier alpha value is -2.88. The standard InChI is InChI=1S/C18H16O4/c1-2-17(22-18(20)15-11-7-4-8-12-15)21-16(19)13-14-9-5-3-6-10-14/h2-12,17H,1,13H2/t17-/m1/s1. The summed E-state index contributed by atoms with van der Waals surface area (Å²) in [7, 11) is 0. The van der Waals surface area contributed by atoms with Crippen LogP contribution >= 0.6 is 0 Å². The molecular weight excluding hydrogens is 280 g/mol. The third-order valence-electron chi connectivity index (χ3n) is 2.86. The van der Waals surface area contributed by atoms with Gasteiger partial charge in [-0.1, -0.05) is 55.1 Å². The summed E-state index contributed by atoms with van der Waals surface area (Å²) in [5.74, 6) is -1.06. The Morgan fingerprint density at radius 2 is 1.55 bits per heavy atom. The van der Waals surface area contributed by atoms with E-state index in [0.717, 1.165) is 5.56 Å². The summed E-state index contributed by atoms with van der Waals surface area (Å²) >= 11 is 0. The number of esters is 2. The molecule has 112 valence electrons. The lowest BCUT2D eigenvalue weighted by Gasteiger charge is -2.14. The minimum atomic E-state index is -1.11. The quantitative estimate of drug-likeness (QED) is 0.467. The molecule has 0 spiro atoms. The molecular formula is C18H16O4. The lowest BCUT2D eigenvalue weighted by atomic mass is 10.2. The van der Waals surface area contributed by atoms with Crippen LogP contribution in [0.1, 0.15) is 15.9 Å². The van der Waals surface area contributed by atoms with Gasteiger partial charge in [-0.3, -0.25) is 4.79 Å². The number of carbonyl (C=O) groups excluding carboxylic acids is 2. The van der Waals surface area contributed by atoms with Gasteiger partial charge in [0.25, 0.3) is 6.29 Å². The summed E-state index contributed by atoms with van der Waals surface area (Å²) in [5.41, 5.74) is 1.21. The fourth-order valence-electron chi connectivity index (χ4n) is 1.80. The zero-order valence-corrected chi connectivity index (χ0v) is 12.0. The molecule has 0 aromatic heterocycles. The fraction of sp³-hybridized carbons (Fsp3) is 0.111. The number of ether oxygens (including phenoxy) is 2. The van der Waals surface area contributed by atoms with Crippen molar-refractivity contribution in [3.05, 3.63) is 84.4 Å². The first-order valence-electron chi connectivity index (χ1n) is 6.81. The van der Waals surface area contributed by atoms with Crippen LogP contribution in [0.25, 0.3) is 0 Å². The van der Waals surface area contributed by atoms with Gasteiger partial charge in [-0.15, -0.1) is 0 Å². The highest BCUT2D eigenvalue weighted by Gasteiger charge is 2.17. The van der Waals surface area contributed by atoms with Crippen LogP contribution in [-0.2, 0) is 20.7 Å². The van der Waals surface area contributed by atoms with Crippen LogP contribution in [0.5, 0.6) is 0 Å². The van der Waals surface area contributed by atoms with Crippen molar-refractivity contribution in [2.75, 3.05) is 0 Å². The van der Waals surface area contributed by atoms with E-state index >= 15 is 0 Å². The monoisotopic (exact) mass is 296 g/mol. The first-order chi connectivity index (χ1) is 10.7. The van der Waals surface area contributed by atoms with E-state index in [9.17, 15) is 9.59 Å². The van der Waals surface area contributed by atoms with E-state index in [1.54, 1.807) is 30.3 Å². The lowest BCUT2D eigenvalue weighted by Crippen LogP contribution is -2.23. The Morgan fingerprint density at radius 1 is 0.955 bits per heavy atom. The SMILES string of the molecule is C=C[C@H](OC(=O)Cc1ccccc1)OC(=O)c1ccccc1. The molecule has 0 saturated carbocycles. The van der Waals surface area contributed by atoms with E-state index in [-0.39, 0.29) is 6.42 Å². The Balaban J connectivity index is 1.90. The zero-order valence-electron chi connectivity index (χ0n) is 12.0. The van der Waals surface area contributed by atoms with Gasteiger partial charge >= 0.3 is 11.9 Å². The topological polar surface area (TPSA) is 52.6 Å². The molecule has 22 heavy (non-hydrogen) atoms. The average molecular weight is 296 g/mol. The molecule has 0 fully saturated rings. The number of benzene rings is 2. The second-order valence-electron chi connectivity index (χ2n) is 4.53. The van der Waals surface area contributed by atoms with Crippen molar-refractivity contribution in [1.82, 2.24) is 0 Å². The van der Waals surface area contributed by atoms with Gasteiger partial charge < -0.3 is 9.47 Å². The van der Waals surface area contributed by atoms with Crippen molar-refractivity contribution >= 4 is 11.9 Å². The van der Waals surface area contributed by atoms with Gasteiger partial charge in [0.2, 0.25) is 0 Å². The van der Waals surface area contributed by atoms with Gasteiger partial charge in [-0.25, -0.2) is 4.79 Å². The molecule has 2 aromatic carbocycles.